The van der Waals surface area contributed by atoms with Crippen molar-refractivity contribution in [2.24, 2.45) is 5.92 Å². The number of morpholine rings is 1. The van der Waals surface area contributed by atoms with Crippen LogP contribution in [-0.2, 0) is 16.1 Å². The minimum Gasteiger partial charge on any atom is -0.371 e. The number of fused-ring (bicyclic) bond motifs is 3. The van der Waals surface area contributed by atoms with Crippen LogP contribution in [0.15, 0.2) is 10.9 Å². The molecule has 0 amide bonds. The number of anilines is 2. The summed E-state index contributed by atoms with van der Waals surface area (Å²) in [5, 5.41) is 0. The quantitative estimate of drug-likeness (QED) is 0.751. The average Bonchev–Trinajstić information content (AvgIpc) is 3.46. The molecular formula is C19H23F3N4O3. The normalized spacial score (nSPS) is 29.1. The van der Waals surface area contributed by atoms with E-state index in [4.69, 9.17) is 4.74 Å². The van der Waals surface area contributed by atoms with Gasteiger partial charge in [-0.25, -0.2) is 0 Å². The second-order valence-corrected chi connectivity index (χ2v) is 8.48. The predicted octanol–water partition coefficient (Wildman–Crippen LogP) is 1.73. The van der Waals surface area contributed by atoms with Crippen molar-refractivity contribution in [3.8, 4) is 0 Å². The predicted molar refractivity (Wildman–Crippen MR) is 98.1 cm³/mol. The summed E-state index contributed by atoms with van der Waals surface area (Å²) < 4.78 is 48.2. The Labute approximate surface area is 165 Å². The van der Waals surface area contributed by atoms with Crippen molar-refractivity contribution >= 4 is 17.5 Å². The first-order valence-electron chi connectivity index (χ1n) is 10.2. The van der Waals surface area contributed by atoms with Crippen molar-refractivity contribution in [2.45, 2.75) is 63.1 Å². The van der Waals surface area contributed by atoms with Crippen LogP contribution in [0.1, 0.15) is 32.1 Å². The van der Waals surface area contributed by atoms with Gasteiger partial charge in [-0.15, -0.1) is 0 Å². The first-order chi connectivity index (χ1) is 13.8. The van der Waals surface area contributed by atoms with Crippen molar-refractivity contribution in [1.82, 2.24) is 9.55 Å². The standard InChI is InChI=1S/C19H23F3N4O3/c20-19(21,22)15-5-6-25-17(28)7-16(24-8-12-3-4-13(9-24)29-12)23-18(25)26(15)10-14(27)11-1-2-11/h7,11-13,15H,1-6,8-10H2/t12?,13?,15-/m0/s1. The van der Waals surface area contributed by atoms with Gasteiger partial charge in [-0.3, -0.25) is 14.2 Å². The molecule has 0 aromatic carbocycles. The van der Waals surface area contributed by atoms with E-state index in [1.807, 2.05) is 4.90 Å². The topological polar surface area (TPSA) is 67.7 Å². The Balaban J connectivity index is 1.52. The molecule has 2 saturated heterocycles. The zero-order valence-corrected chi connectivity index (χ0v) is 15.9. The van der Waals surface area contributed by atoms with Gasteiger partial charge in [0.15, 0.2) is 5.78 Å². The van der Waals surface area contributed by atoms with Gasteiger partial charge in [0, 0.05) is 31.6 Å². The van der Waals surface area contributed by atoms with E-state index < -0.39 is 12.2 Å². The lowest BCUT2D eigenvalue weighted by molar-refractivity contribution is -0.153. The number of alkyl halides is 3. The molecule has 3 fully saturated rings. The van der Waals surface area contributed by atoms with E-state index in [2.05, 4.69) is 4.98 Å². The lowest BCUT2D eigenvalue weighted by Gasteiger charge is -2.39. The minimum absolute atomic E-state index is 0.0473. The summed E-state index contributed by atoms with van der Waals surface area (Å²) in [6, 6.07) is -0.420. The molecule has 2 unspecified atom stereocenters. The highest BCUT2D eigenvalue weighted by molar-refractivity contribution is 5.87. The van der Waals surface area contributed by atoms with Gasteiger partial charge in [0.05, 0.1) is 18.8 Å². The second kappa shape index (κ2) is 6.72. The number of hydrogen-bond donors (Lipinski definition) is 0. The molecule has 5 rings (SSSR count). The molecule has 7 nitrogen and oxygen atoms in total. The summed E-state index contributed by atoms with van der Waals surface area (Å²) in [6.45, 7) is 0.708. The molecule has 4 heterocycles. The Morgan fingerprint density at radius 2 is 1.83 bits per heavy atom. The maximum Gasteiger partial charge on any atom is 0.408 e. The van der Waals surface area contributed by atoms with Crippen molar-refractivity contribution in [1.29, 1.82) is 0 Å². The molecule has 2 bridgehead atoms. The highest BCUT2D eigenvalue weighted by atomic mass is 19.4. The largest absolute Gasteiger partial charge is 0.408 e. The van der Waals surface area contributed by atoms with Crippen LogP contribution in [0, 0.1) is 5.92 Å². The molecule has 1 saturated carbocycles. The summed E-state index contributed by atoms with van der Waals surface area (Å²) in [5.41, 5.74) is -0.381. The summed E-state index contributed by atoms with van der Waals surface area (Å²) >= 11 is 0. The van der Waals surface area contributed by atoms with Crippen LogP contribution in [0.3, 0.4) is 0 Å². The Bertz CT molecular complexity index is 870. The van der Waals surface area contributed by atoms with E-state index in [-0.39, 0.29) is 54.9 Å². The van der Waals surface area contributed by atoms with Crippen LogP contribution < -0.4 is 15.4 Å². The SMILES string of the molecule is O=C(CN1c2nc(N3CC4CCC(C3)O4)cc(=O)n2CC[C@H]1C(F)(F)F)C1CC1. The van der Waals surface area contributed by atoms with E-state index in [9.17, 15) is 22.8 Å². The highest BCUT2D eigenvalue weighted by Crippen LogP contribution is 2.37. The van der Waals surface area contributed by atoms with Crippen LogP contribution in [0.2, 0.25) is 0 Å². The van der Waals surface area contributed by atoms with Crippen LogP contribution in [0.5, 0.6) is 0 Å². The Morgan fingerprint density at radius 3 is 2.45 bits per heavy atom. The summed E-state index contributed by atoms with van der Waals surface area (Å²) in [4.78, 5) is 32.5. The summed E-state index contributed by atoms with van der Waals surface area (Å²) in [7, 11) is 0. The van der Waals surface area contributed by atoms with Gasteiger partial charge < -0.3 is 14.5 Å². The third-order valence-electron chi connectivity index (χ3n) is 6.34. The second-order valence-electron chi connectivity index (χ2n) is 8.48. The fraction of sp³-hybridized carbons (Fsp3) is 0.737. The number of ether oxygens (including phenoxy) is 1. The van der Waals surface area contributed by atoms with Crippen LogP contribution >= 0.6 is 0 Å². The number of aromatic nitrogens is 2. The average molecular weight is 412 g/mol. The summed E-state index contributed by atoms with van der Waals surface area (Å²) in [5.74, 6) is -0.0529. The van der Waals surface area contributed by atoms with E-state index in [0.29, 0.717) is 18.9 Å². The molecule has 10 heteroatoms. The number of nitrogens with zero attached hydrogens (tertiary/aromatic N) is 4. The lowest BCUT2D eigenvalue weighted by atomic mass is 10.1. The smallest absolute Gasteiger partial charge is 0.371 e. The molecule has 0 spiro atoms. The molecule has 0 radical (unpaired) electrons. The van der Waals surface area contributed by atoms with Crippen molar-refractivity contribution in [2.75, 3.05) is 29.4 Å². The zero-order chi connectivity index (χ0) is 20.3. The van der Waals surface area contributed by atoms with E-state index in [0.717, 1.165) is 30.6 Å². The summed E-state index contributed by atoms with van der Waals surface area (Å²) in [6.07, 6.45) is -1.33. The highest BCUT2D eigenvalue weighted by Gasteiger charge is 2.48. The Hall–Kier alpha value is -2.10. The number of carbonyl (C=O) groups excluding carboxylic acids is 1. The van der Waals surface area contributed by atoms with Gasteiger partial charge in [0.2, 0.25) is 5.95 Å². The lowest BCUT2D eigenvalue weighted by Crippen LogP contribution is -2.54. The van der Waals surface area contributed by atoms with Crippen molar-refractivity contribution in [3.05, 3.63) is 16.4 Å². The van der Waals surface area contributed by atoms with Gasteiger partial charge >= 0.3 is 6.18 Å². The maximum atomic E-state index is 13.7. The van der Waals surface area contributed by atoms with Gasteiger partial charge in [-0.2, -0.15) is 18.2 Å². The molecular weight excluding hydrogens is 389 g/mol. The number of halogens is 3. The van der Waals surface area contributed by atoms with Crippen molar-refractivity contribution < 1.29 is 22.7 Å². The van der Waals surface area contributed by atoms with Gasteiger partial charge in [-0.05, 0) is 32.1 Å². The fourth-order valence-electron chi connectivity index (χ4n) is 4.65. The zero-order valence-electron chi connectivity index (χ0n) is 15.9. The number of rotatable bonds is 4. The Morgan fingerprint density at radius 1 is 1.14 bits per heavy atom. The molecule has 1 aliphatic carbocycles. The molecule has 3 aliphatic heterocycles. The first kappa shape index (κ1) is 18.9. The van der Waals surface area contributed by atoms with Gasteiger partial charge in [0.1, 0.15) is 11.9 Å². The molecule has 158 valence electrons. The Kier molecular flexibility index (Phi) is 4.38. The molecule has 0 N–H and O–H groups in total. The molecule has 1 aromatic heterocycles. The van der Waals surface area contributed by atoms with Crippen LogP contribution in [-0.4, -0.2) is 59.4 Å². The van der Waals surface area contributed by atoms with Gasteiger partial charge in [0.25, 0.3) is 5.56 Å². The molecule has 4 aliphatic rings. The number of hydrogen-bond acceptors (Lipinski definition) is 6. The molecule has 1 aromatic rings. The fourth-order valence-corrected chi connectivity index (χ4v) is 4.65. The van der Waals surface area contributed by atoms with E-state index in [1.54, 1.807) is 0 Å². The molecule has 29 heavy (non-hydrogen) atoms. The minimum atomic E-state index is -4.50. The number of Topliss-reactive ketones (excluding diaryl/α,β-unsaturated/α-hetero) is 1. The van der Waals surface area contributed by atoms with E-state index in [1.165, 1.54) is 10.6 Å². The van der Waals surface area contributed by atoms with E-state index >= 15 is 0 Å². The van der Waals surface area contributed by atoms with Crippen LogP contribution in [0.4, 0.5) is 24.9 Å². The third kappa shape index (κ3) is 3.51. The molecule has 3 atom stereocenters. The maximum absolute atomic E-state index is 13.7. The van der Waals surface area contributed by atoms with Crippen molar-refractivity contribution in [3.63, 3.8) is 0 Å². The monoisotopic (exact) mass is 412 g/mol. The third-order valence-corrected chi connectivity index (χ3v) is 6.34. The van der Waals surface area contributed by atoms with Gasteiger partial charge in [-0.1, -0.05) is 0 Å². The van der Waals surface area contributed by atoms with Crippen LogP contribution in [0.25, 0.3) is 0 Å². The first-order valence-corrected chi connectivity index (χ1v) is 10.2. The number of ketones is 1. The number of carbonyl (C=O) groups is 1.